The van der Waals surface area contributed by atoms with Gasteiger partial charge in [0.2, 0.25) is 11.8 Å². The summed E-state index contributed by atoms with van der Waals surface area (Å²) in [7, 11) is 0. The Kier molecular flexibility index (Phi) is 5.34. The van der Waals surface area contributed by atoms with Crippen molar-refractivity contribution in [3.05, 3.63) is 66.0 Å². The van der Waals surface area contributed by atoms with E-state index >= 15 is 0 Å². The average molecular weight is 390 g/mol. The number of nitrogens with zero attached hydrogens (tertiary/aromatic N) is 2. The van der Waals surface area contributed by atoms with Crippen molar-refractivity contribution >= 4 is 22.8 Å². The van der Waals surface area contributed by atoms with E-state index in [1.54, 1.807) is 4.90 Å². The third-order valence-corrected chi connectivity index (χ3v) is 5.47. The van der Waals surface area contributed by atoms with Gasteiger partial charge in [-0.05, 0) is 23.6 Å². The number of carbonyl (C=O) groups is 2. The van der Waals surface area contributed by atoms with Crippen LogP contribution in [0.15, 0.2) is 54.6 Å². The SMILES string of the molecule is CC(C)[C@@H](NC(=O)[C@H]1CC(=O)N(Cc2ccccc2)C1)c1nc2ccccc2[nH]1. The first-order valence-electron chi connectivity index (χ1n) is 10.1. The maximum atomic E-state index is 13.0. The summed E-state index contributed by atoms with van der Waals surface area (Å²) in [5.41, 5.74) is 2.91. The van der Waals surface area contributed by atoms with Crippen LogP contribution >= 0.6 is 0 Å². The van der Waals surface area contributed by atoms with Crippen molar-refractivity contribution in [3.8, 4) is 0 Å². The van der Waals surface area contributed by atoms with Gasteiger partial charge in [0.1, 0.15) is 5.82 Å². The minimum absolute atomic E-state index is 0.0267. The van der Waals surface area contributed by atoms with E-state index in [0.717, 1.165) is 22.4 Å². The molecule has 2 heterocycles. The first-order chi connectivity index (χ1) is 14.0. The molecule has 6 heteroatoms. The van der Waals surface area contributed by atoms with E-state index in [1.807, 2.05) is 54.6 Å². The molecule has 2 amide bonds. The van der Waals surface area contributed by atoms with Crippen LogP contribution in [-0.4, -0.2) is 33.2 Å². The lowest BCUT2D eigenvalue weighted by molar-refractivity contribution is -0.129. The highest BCUT2D eigenvalue weighted by Gasteiger charge is 2.35. The van der Waals surface area contributed by atoms with Crippen LogP contribution in [0.2, 0.25) is 0 Å². The maximum Gasteiger partial charge on any atom is 0.226 e. The molecule has 0 saturated carbocycles. The Hall–Kier alpha value is -3.15. The van der Waals surface area contributed by atoms with E-state index in [1.165, 1.54) is 0 Å². The molecule has 1 aliphatic heterocycles. The minimum Gasteiger partial charge on any atom is -0.346 e. The molecule has 0 spiro atoms. The number of aromatic amines is 1. The Bertz CT molecular complexity index is 979. The molecule has 0 radical (unpaired) electrons. The molecule has 0 bridgehead atoms. The number of benzene rings is 2. The predicted octanol–water partition coefficient (Wildman–Crippen LogP) is 3.42. The first-order valence-corrected chi connectivity index (χ1v) is 10.1. The Morgan fingerprint density at radius 3 is 2.62 bits per heavy atom. The smallest absolute Gasteiger partial charge is 0.226 e. The van der Waals surface area contributed by atoms with Crippen LogP contribution in [0.25, 0.3) is 11.0 Å². The summed E-state index contributed by atoms with van der Waals surface area (Å²) in [6, 6.07) is 17.5. The van der Waals surface area contributed by atoms with Crippen molar-refractivity contribution in [2.45, 2.75) is 32.9 Å². The molecular formula is C23H26N4O2. The van der Waals surface area contributed by atoms with Crippen LogP contribution in [0, 0.1) is 11.8 Å². The lowest BCUT2D eigenvalue weighted by atomic mass is 10.0. The number of likely N-dealkylation sites (tertiary alicyclic amines) is 1. The van der Waals surface area contributed by atoms with Crippen molar-refractivity contribution in [1.82, 2.24) is 20.2 Å². The molecule has 2 N–H and O–H groups in total. The first kappa shape index (κ1) is 19.2. The molecule has 2 atom stereocenters. The number of rotatable bonds is 6. The number of para-hydroxylation sites is 2. The third-order valence-electron chi connectivity index (χ3n) is 5.47. The van der Waals surface area contributed by atoms with E-state index in [2.05, 4.69) is 29.1 Å². The van der Waals surface area contributed by atoms with Crippen molar-refractivity contribution in [1.29, 1.82) is 0 Å². The molecule has 1 aliphatic rings. The quantitative estimate of drug-likeness (QED) is 0.677. The molecular weight excluding hydrogens is 364 g/mol. The van der Waals surface area contributed by atoms with Crippen LogP contribution in [0.1, 0.15) is 37.7 Å². The zero-order chi connectivity index (χ0) is 20.4. The molecule has 1 aromatic heterocycles. The number of H-pyrrole nitrogens is 1. The summed E-state index contributed by atoms with van der Waals surface area (Å²) in [6.45, 7) is 5.10. The summed E-state index contributed by atoms with van der Waals surface area (Å²) >= 11 is 0. The number of carbonyl (C=O) groups excluding carboxylic acids is 2. The molecule has 29 heavy (non-hydrogen) atoms. The highest BCUT2D eigenvalue weighted by Crippen LogP contribution is 2.25. The van der Waals surface area contributed by atoms with E-state index in [4.69, 9.17) is 0 Å². The summed E-state index contributed by atoms with van der Waals surface area (Å²) in [4.78, 5) is 35.1. The molecule has 6 nitrogen and oxygen atoms in total. The van der Waals surface area contributed by atoms with Crippen molar-refractivity contribution in [3.63, 3.8) is 0 Å². The molecule has 0 unspecified atom stereocenters. The number of amides is 2. The van der Waals surface area contributed by atoms with Gasteiger partial charge in [0.15, 0.2) is 0 Å². The molecule has 1 saturated heterocycles. The largest absolute Gasteiger partial charge is 0.346 e. The summed E-state index contributed by atoms with van der Waals surface area (Å²) in [5.74, 6) is 0.515. The van der Waals surface area contributed by atoms with E-state index in [9.17, 15) is 9.59 Å². The monoisotopic (exact) mass is 390 g/mol. The topological polar surface area (TPSA) is 78.1 Å². The fourth-order valence-electron chi connectivity index (χ4n) is 3.85. The fourth-order valence-corrected chi connectivity index (χ4v) is 3.85. The second-order valence-corrected chi connectivity index (χ2v) is 8.03. The average Bonchev–Trinajstić information content (AvgIpc) is 3.30. The maximum absolute atomic E-state index is 13.0. The van der Waals surface area contributed by atoms with E-state index in [-0.39, 0.29) is 36.1 Å². The zero-order valence-corrected chi connectivity index (χ0v) is 16.8. The Labute approximate surface area is 170 Å². The number of imidazole rings is 1. The van der Waals surface area contributed by atoms with Crippen molar-refractivity contribution < 1.29 is 9.59 Å². The summed E-state index contributed by atoms with van der Waals surface area (Å²) in [6.07, 6.45) is 0.254. The number of fused-ring (bicyclic) bond motifs is 1. The number of hydrogen-bond donors (Lipinski definition) is 2. The summed E-state index contributed by atoms with van der Waals surface area (Å²) < 4.78 is 0. The Morgan fingerprint density at radius 1 is 1.17 bits per heavy atom. The van der Waals surface area contributed by atoms with Crippen molar-refractivity contribution in [2.75, 3.05) is 6.54 Å². The van der Waals surface area contributed by atoms with Gasteiger partial charge in [-0.2, -0.15) is 0 Å². The van der Waals surface area contributed by atoms with Gasteiger partial charge in [0.05, 0.1) is 23.0 Å². The van der Waals surface area contributed by atoms with Gasteiger partial charge in [0.25, 0.3) is 0 Å². The van der Waals surface area contributed by atoms with Gasteiger partial charge < -0.3 is 15.2 Å². The molecule has 1 fully saturated rings. The van der Waals surface area contributed by atoms with Gasteiger partial charge in [-0.15, -0.1) is 0 Å². The highest BCUT2D eigenvalue weighted by atomic mass is 16.2. The van der Waals surface area contributed by atoms with Gasteiger partial charge in [-0.1, -0.05) is 56.3 Å². The molecule has 4 rings (SSSR count). The molecule has 2 aromatic carbocycles. The second-order valence-electron chi connectivity index (χ2n) is 8.03. The van der Waals surface area contributed by atoms with Crippen LogP contribution < -0.4 is 5.32 Å². The standard InChI is InChI=1S/C23H26N4O2/c1-15(2)21(22-24-18-10-6-7-11-19(18)25-22)26-23(29)17-12-20(28)27(14-17)13-16-8-4-3-5-9-16/h3-11,15,17,21H,12-14H2,1-2H3,(H,24,25)(H,26,29)/t17-,21+/m0/s1. The fraction of sp³-hybridized carbons (Fsp3) is 0.348. The van der Waals surface area contributed by atoms with Gasteiger partial charge in [-0.25, -0.2) is 4.98 Å². The third kappa shape index (κ3) is 4.16. The van der Waals surface area contributed by atoms with Crippen LogP contribution in [-0.2, 0) is 16.1 Å². The van der Waals surface area contributed by atoms with Crippen LogP contribution in [0.3, 0.4) is 0 Å². The van der Waals surface area contributed by atoms with Gasteiger partial charge >= 0.3 is 0 Å². The van der Waals surface area contributed by atoms with E-state index < -0.39 is 0 Å². The predicted molar refractivity (Wildman–Crippen MR) is 112 cm³/mol. The highest BCUT2D eigenvalue weighted by molar-refractivity contribution is 5.89. The number of hydrogen-bond acceptors (Lipinski definition) is 3. The lowest BCUT2D eigenvalue weighted by Gasteiger charge is -2.22. The lowest BCUT2D eigenvalue weighted by Crippen LogP contribution is -2.38. The van der Waals surface area contributed by atoms with Crippen LogP contribution in [0.5, 0.6) is 0 Å². The Balaban J connectivity index is 1.45. The number of nitrogens with one attached hydrogen (secondary N) is 2. The minimum atomic E-state index is -0.336. The van der Waals surface area contributed by atoms with Crippen molar-refractivity contribution in [2.24, 2.45) is 11.8 Å². The number of aromatic nitrogens is 2. The van der Waals surface area contributed by atoms with Gasteiger partial charge in [-0.3, -0.25) is 9.59 Å². The molecule has 150 valence electrons. The second kappa shape index (κ2) is 8.07. The van der Waals surface area contributed by atoms with Gasteiger partial charge in [0, 0.05) is 19.5 Å². The zero-order valence-electron chi connectivity index (χ0n) is 16.8. The molecule has 3 aromatic rings. The normalized spacial score (nSPS) is 17.8. The van der Waals surface area contributed by atoms with Crippen LogP contribution in [0.4, 0.5) is 0 Å². The Morgan fingerprint density at radius 2 is 1.90 bits per heavy atom. The summed E-state index contributed by atoms with van der Waals surface area (Å²) in [5, 5.41) is 3.13. The molecule has 0 aliphatic carbocycles. The van der Waals surface area contributed by atoms with E-state index in [0.29, 0.717) is 13.1 Å².